The number of furan rings is 1. The van der Waals surface area contributed by atoms with Crippen molar-refractivity contribution in [3.05, 3.63) is 313 Å². The zero-order chi connectivity index (χ0) is 53.6. The van der Waals surface area contributed by atoms with Crippen LogP contribution in [-0.2, 0) is 6.42 Å². The van der Waals surface area contributed by atoms with E-state index in [1.54, 1.807) is 17.8 Å². The van der Waals surface area contributed by atoms with Crippen LogP contribution in [0.4, 0.5) is 22.7 Å². The highest BCUT2D eigenvalue weighted by atomic mass is 32.2. The Labute approximate surface area is 455 Å². The summed E-state index contributed by atoms with van der Waals surface area (Å²) in [4.78, 5) is 4.32. The molecule has 1 N–H and O–H groups in total. The van der Waals surface area contributed by atoms with Crippen molar-refractivity contribution >= 4 is 73.0 Å². The van der Waals surface area contributed by atoms with Gasteiger partial charge in [-0.2, -0.15) is 0 Å². The van der Waals surface area contributed by atoms with E-state index in [1.165, 1.54) is 27.8 Å². The number of hydrogen-bond acceptors (Lipinski definition) is 4. The summed E-state index contributed by atoms with van der Waals surface area (Å²) in [6, 6.07) is 49.3. The number of benzene rings is 6. The lowest BCUT2D eigenvalue weighted by Crippen LogP contribution is -2.14. The SMILES string of the molecule is C=CC.C=CC1=C(/C=C\C)Cc2c1cccc2C1C=CC(N(c2ccc(/C(=C/C=C\C(=C)C(=C)/C=C\C)SC(=C)c3ccccc3Nc3ccccc3)cc2)c2ccc(-c3cccc4c5c(oc34)C=C=C5)cc2)=C1.CC. The summed E-state index contributed by atoms with van der Waals surface area (Å²) in [5, 5.41) is 4.70. The summed E-state index contributed by atoms with van der Waals surface area (Å²) < 4.78 is 6.39. The van der Waals surface area contributed by atoms with Gasteiger partial charge in [-0.25, -0.2) is 0 Å². The summed E-state index contributed by atoms with van der Waals surface area (Å²) in [6.07, 6.45) is 30.1. The van der Waals surface area contributed by atoms with Gasteiger partial charge in [0.1, 0.15) is 11.3 Å². The Kier molecular flexibility index (Phi) is 17.9. The first-order chi connectivity index (χ1) is 37.2. The van der Waals surface area contributed by atoms with Crippen LogP contribution in [0.15, 0.2) is 278 Å². The number of fused-ring (bicyclic) bond motifs is 4. The first-order valence-electron chi connectivity index (χ1n) is 26.0. The van der Waals surface area contributed by atoms with Crippen LogP contribution in [0.25, 0.3) is 49.6 Å². The average Bonchev–Trinajstić information content (AvgIpc) is 4.28. The van der Waals surface area contributed by atoms with Gasteiger partial charge in [-0.15, -0.1) is 12.3 Å². The number of anilines is 4. The van der Waals surface area contributed by atoms with Crippen molar-refractivity contribution < 1.29 is 4.42 Å². The number of allylic oxidation sites excluding steroid dienone is 16. The van der Waals surface area contributed by atoms with Crippen molar-refractivity contribution in [2.45, 2.75) is 47.0 Å². The Morgan fingerprint density at radius 3 is 2.14 bits per heavy atom. The average molecular weight is 1010 g/mol. The van der Waals surface area contributed by atoms with Crippen LogP contribution in [0, 0.1) is 0 Å². The predicted octanol–water partition coefficient (Wildman–Crippen LogP) is 21.1. The Balaban J connectivity index is 0.00000148. The van der Waals surface area contributed by atoms with Crippen molar-refractivity contribution in [2.75, 3.05) is 10.2 Å². The van der Waals surface area contributed by atoms with Gasteiger partial charge in [0.2, 0.25) is 0 Å². The molecule has 3 aliphatic rings. The van der Waals surface area contributed by atoms with Crippen LogP contribution in [0.1, 0.15) is 79.7 Å². The highest BCUT2D eigenvalue weighted by Gasteiger charge is 2.27. The molecule has 1 unspecified atom stereocenters. The molecule has 1 heterocycles. The third-order valence-electron chi connectivity index (χ3n) is 13.1. The van der Waals surface area contributed by atoms with E-state index in [9.17, 15) is 0 Å². The fourth-order valence-corrected chi connectivity index (χ4v) is 10.6. The van der Waals surface area contributed by atoms with Gasteiger partial charge in [0.05, 0.1) is 0 Å². The van der Waals surface area contributed by atoms with E-state index in [2.05, 4.69) is 214 Å². The number of thioether (sulfide) groups is 1. The second-order valence-corrected chi connectivity index (χ2v) is 19.2. The molecule has 10 rings (SSSR count). The molecule has 0 amide bonds. The summed E-state index contributed by atoms with van der Waals surface area (Å²) >= 11 is 1.65. The van der Waals surface area contributed by atoms with E-state index >= 15 is 0 Å². The zero-order valence-corrected chi connectivity index (χ0v) is 45.3. The van der Waals surface area contributed by atoms with Crippen LogP contribution in [0.5, 0.6) is 0 Å². The number of hydrogen-bond donors (Lipinski definition) is 1. The quantitative estimate of drug-likeness (QED) is 0.0559. The lowest BCUT2D eigenvalue weighted by atomic mass is 9.91. The molecule has 7 aromatic rings. The Hall–Kier alpha value is -8.79. The monoisotopic (exact) mass is 1010 g/mol. The van der Waals surface area contributed by atoms with Gasteiger partial charge in [0.15, 0.2) is 0 Å². The standard InChI is InChI=1S/C67H54N2OS.C3H6.C2H6/c1-7-19-45(4)46(5)21-15-32-66(71-47(6)57-24-13-14-30-64(57)68-52-22-11-10-12-23-52)49-35-40-54(41-36-49)69(53-38-33-48(34-39-53)59-26-17-29-62-61-28-18-31-65(61)70-67(59)62)55-42-37-51(43-55)58-25-16-27-60-56(9-3)50(20-8-2)44-63(58)60;1-3-2;1-2/h7-17,19-43,51,68H,3-6,44H2,1-2H3;3H,1H2,2H3;1-2H3/b19-7-,20-8-,21-15-,66-32-;;. The molecule has 0 radical (unpaired) electrons. The largest absolute Gasteiger partial charge is 0.455 e. The molecule has 3 nitrogen and oxygen atoms in total. The Morgan fingerprint density at radius 2 is 1.42 bits per heavy atom. The number of nitrogens with zero attached hydrogens (tertiary/aromatic N) is 1. The summed E-state index contributed by atoms with van der Waals surface area (Å²) in [5.74, 6) is 0.953. The molecule has 76 heavy (non-hydrogen) atoms. The second kappa shape index (κ2) is 25.4. The topological polar surface area (TPSA) is 28.4 Å². The van der Waals surface area contributed by atoms with Gasteiger partial charge in [-0.1, -0.05) is 204 Å². The van der Waals surface area contributed by atoms with E-state index in [1.807, 2.05) is 88.4 Å². The molecule has 0 bridgehead atoms. The van der Waals surface area contributed by atoms with Crippen molar-refractivity contribution in [1.82, 2.24) is 0 Å². The van der Waals surface area contributed by atoms with E-state index in [0.29, 0.717) is 0 Å². The molecular weight excluding hydrogens is 941 g/mol. The van der Waals surface area contributed by atoms with Gasteiger partial charge in [-0.05, 0) is 144 Å². The fourth-order valence-electron chi connectivity index (χ4n) is 9.66. The maximum atomic E-state index is 6.39. The minimum Gasteiger partial charge on any atom is -0.455 e. The van der Waals surface area contributed by atoms with E-state index < -0.39 is 0 Å². The van der Waals surface area contributed by atoms with Crippen LogP contribution >= 0.6 is 11.8 Å². The van der Waals surface area contributed by atoms with Crippen LogP contribution in [-0.4, -0.2) is 0 Å². The Morgan fingerprint density at radius 1 is 0.737 bits per heavy atom. The third kappa shape index (κ3) is 11.8. The minimum absolute atomic E-state index is 0.0975. The van der Waals surface area contributed by atoms with Gasteiger partial charge >= 0.3 is 0 Å². The first-order valence-corrected chi connectivity index (χ1v) is 26.8. The van der Waals surface area contributed by atoms with Gasteiger partial charge in [0, 0.05) is 72.3 Å². The molecular formula is C72H66N2OS. The summed E-state index contributed by atoms with van der Waals surface area (Å²) in [6.45, 7) is 30.6. The van der Waals surface area contributed by atoms with E-state index in [-0.39, 0.29) is 5.92 Å². The maximum Gasteiger partial charge on any atom is 0.143 e. The molecule has 0 aliphatic heterocycles. The normalized spacial score (nSPS) is 14.1. The van der Waals surface area contributed by atoms with Crippen molar-refractivity contribution in [1.29, 1.82) is 0 Å². The molecule has 376 valence electrons. The molecule has 0 fully saturated rings. The molecule has 0 saturated carbocycles. The van der Waals surface area contributed by atoms with Crippen molar-refractivity contribution in [2.24, 2.45) is 0 Å². The molecule has 0 saturated heterocycles. The minimum atomic E-state index is 0.0975. The van der Waals surface area contributed by atoms with Crippen molar-refractivity contribution in [3.8, 4) is 11.1 Å². The molecule has 3 aliphatic carbocycles. The highest BCUT2D eigenvalue weighted by Crippen LogP contribution is 2.45. The molecule has 4 heteroatoms. The van der Waals surface area contributed by atoms with Gasteiger partial charge < -0.3 is 14.6 Å². The number of rotatable bonds is 17. The number of nitrogens with one attached hydrogen (secondary N) is 1. The predicted molar refractivity (Wildman–Crippen MR) is 335 cm³/mol. The van der Waals surface area contributed by atoms with E-state index in [4.69, 9.17) is 4.42 Å². The molecule has 1 atom stereocenters. The van der Waals surface area contributed by atoms with Crippen LogP contribution in [0.3, 0.4) is 0 Å². The molecule has 0 spiro atoms. The summed E-state index contributed by atoms with van der Waals surface area (Å²) in [5.41, 5.74) is 22.8. The smallest absolute Gasteiger partial charge is 0.143 e. The third-order valence-corrected chi connectivity index (χ3v) is 14.2. The van der Waals surface area contributed by atoms with Gasteiger partial charge in [-0.3, -0.25) is 0 Å². The highest BCUT2D eigenvalue weighted by molar-refractivity contribution is 8.16. The Bertz CT molecular complexity index is 3610. The second-order valence-electron chi connectivity index (χ2n) is 18.0. The molecule has 6 aromatic carbocycles. The van der Waals surface area contributed by atoms with E-state index in [0.717, 1.165) is 100 Å². The number of para-hydroxylation sites is 3. The van der Waals surface area contributed by atoms with Crippen molar-refractivity contribution in [3.63, 3.8) is 0 Å². The maximum absolute atomic E-state index is 6.39. The zero-order valence-electron chi connectivity index (χ0n) is 44.4. The molecule has 1 aromatic heterocycles. The lowest BCUT2D eigenvalue weighted by Gasteiger charge is -2.26. The van der Waals surface area contributed by atoms with Crippen LogP contribution < -0.4 is 10.2 Å². The first kappa shape index (κ1) is 53.5. The lowest BCUT2D eigenvalue weighted by molar-refractivity contribution is 0.605. The van der Waals surface area contributed by atoms with Gasteiger partial charge in [0.25, 0.3) is 0 Å². The van der Waals surface area contributed by atoms with Crippen LogP contribution in [0.2, 0.25) is 0 Å². The fraction of sp³-hybridized carbons (Fsp3) is 0.0972. The summed E-state index contributed by atoms with van der Waals surface area (Å²) in [7, 11) is 0.